The number of carbonyl (C=O) groups excluding carboxylic acids is 5. The number of nitrogens with zero attached hydrogens (tertiary/aromatic N) is 5. The van der Waals surface area contributed by atoms with Crippen molar-refractivity contribution in [1.82, 2.24) is 35.3 Å². The molecular formula is C58H94ClN7O10S2. The van der Waals surface area contributed by atoms with Crippen LogP contribution in [0.15, 0.2) is 12.4 Å². The van der Waals surface area contributed by atoms with Gasteiger partial charge in [0.05, 0.1) is 22.0 Å². The van der Waals surface area contributed by atoms with E-state index in [0.29, 0.717) is 57.3 Å². The van der Waals surface area contributed by atoms with Gasteiger partial charge < -0.3 is 44.7 Å². The van der Waals surface area contributed by atoms with Crippen molar-refractivity contribution in [2.45, 2.75) is 219 Å². The molecule has 2 aromatic heterocycles. The van der Waals surface area contributed by atoms with Gasteiger partial charge in [-0.3, -0.25) is 14.4 Å². The van der Waals surface area contributed by atoms with E-state index < -0.39 is 33.6 Å². The summed E-state index contributed by atoms with van der Waals surface area (Å²) in [5.41, 5.74) is -2.23. The van der Waals surface area contributed by atoms with Crippen LogP contribution in [-0.2, 0) is 39.4 Å². The predicted octanol–water partition coefficient (Wildman–Crippen LogP) is 11.6. The number of carbonyl (C=O) groups is 6. The molecule has 0 unspecified atom stereocenters. The molecule has 20 heteroatoms. The fourth-order valence-electron chi connectivity index (χ4n) is 9.55. The van der Waals surface area contributed by atoms with Gasteiger partial charge in [-0.15, -0.1) is 35.1 Å². The van der Waals surface area contributed by atoms with Gasteiger partial charge in [0, 0.05) is 83.6 Å². The standard InChI is InChI=1S/C17H28N2O4.C17H26N2O2S.C12H18N2S.C12H21NO4.ClH/c1-16(2,3)23-15(22)19-9-7-17(4,8-10-19)14(21)18-11-13(20)12-5-6-12;1-16(2,3)21-15(20)19-9-7-17(4,8-10-19)14-18-11-13(22-14)12-5-6-12;1-12(4-6-13-7-5-12)11-14-8-10(15-11)9-2-3-9;1-11(2,3)17-10(16)13-7-5-12(4,6-8-13)9(14)15;/h12H,5-11H2,1-4H3,(H,18,21);11-12H,5-10H2,1-4H3;8-9,13H,2-7H2,1H3;5-8H2,1-4H3,(H,14,15);1H. The number of hydrogen-bond acceptors (Lipinski definition) is 14. The predicted molar refractivity (Wildman–Crippen MR) is 308 cm³/mol. The van der Waals surface area contributed by atoms with Crippen molar-refractivity contribution >= 4 is 71.0 Å². The molecule has 7 aliphatic rings. The number of thiazole rings is 2. The number of aliphatic carboxylic acids is 1. The third-order valence-electron chi connectivity index (χ3n) is 15.8. The third-order valence-corrected chi connectivity index (χ3v) is 18.8. The van der Waals surface area contributed by atoms with Crippen molar-refractivity contribution < 1.29 is 48.1 Å². The Kier molecular flexibility index (Phi) is 21.8. The highest BCUT2D eigenvalue weighted by atomic mass is 35.5. The van der Waals surface area contributed by atoms with Crippen LogP contribution in [0.1, 0.15) is 212 Å². The molecule has 78 heavy (non-hydrogen) atoms. The van der Waals surface area contributed by atoms with Gasteiger partial charge in [0.15, 0.2) is 5.78 Å². The van der Waals surface area contributed by atoms with Crippen LogP contribution in [0.25, 0.3) is 0 Å². The molecule has 4 amide bonds. The van der Waals surface area contributed by atoms with Crippen LogP contribution < -0.4 is 10.6 Å². The number of carboxylic acid groups (broad SMARTS) is 1. The topological polar surface area (TPSA) is 210 Å². The van der Waals surface area contributed by atoms with Crippen molar-refractivity contribution in [3.8, 4) is 0 Å². The Labute approximate surface area is 479 Å². The van der Waals surface area contributed by atoms with Crippen LogP contribution in [0.2, 0.25) is 0 Å². The normalized spacial score (nSPS) is 21.5. The number of ketones is 1. The van der Waals surface area contributed by atoms with Crippen LogP contribution in [0.4, 0.5) is 14.4 Å². The van der Waals surface area contributed by atoms with E-state index in [4.69, 9.17) is 19.3 Å². The molecule has 0 spiro atoms. The Hall–Kier alpha value is -4.07. The van der Waals surface area contributed by atoms with Gasteiger partial charge in [-0.2, -0.15) is 0 Å². The number of likely N-dealkylation sites (tertiary alicyclic amines) is 3. The minimum absolute atomic E-state index is 0. The summed E-state index contributed by atoms with van der Waals surface area (Å²) in [4.78, 5) is 88.5. The van der Waals surface area contributed by atoms with Gasteiger partial charge in [0.1, 0.15) is 16.8 Å². The number of aromatic nitrogens is 2. The minimum Gasteiger partial charge on any atom is -0.481 e. The monoisotopic (exact) mass is 1150 g/mol. The summed E-state index contributed by atoms with van der Waals surface area (Å²) in [6, 6.07) is 0. The van der Waals surface area contributed by atoms with E-state index >= 15 is 0 Å². The van der Waals surface area contributed by atoms with Crippen LogP contribution >= 0.6 is 35.1 Å². The van der Waals surface area contributed by atoms with Gasteiger partial charge in [-0.1, -0.05) is 20.8 Å². The first-order valence-electron chi connectivity index (χ1n) is 28.4. The average Bonchev–Trinajstić information content (AvgIpc) is 4.29. The number of Topliss-reactive ketones (excluding diaryl/α,β-unsaturated/α-hetero) is 1. The molecular weight excluding hydrogens is 1050 g/mol. The zero-order chi connectivity index (χ0) is 56.8. The number of carboxylic acids is 1. The van der Waals surface area contributed by atoms with Crippen LogP contribution in [0, 0.1) is 16.7 Å². The number of halogens is 1. The molecule has 3 N–H and O–H groups in total. The maximum atomic E-state index is 12.4. The van der Waals surface area contributed by atoms with E-state index in [1.165, 1.54) is 58.3 Å². The second-order valence-corrected chi connectivity index (χ2v) is 28.9. The maximum Gasteiger partial charge on any atom is 0.410 e. The number of ether oxygens (including phenoxy) is 3. The van der Waals surface area contributed by atoms with E-state index in [0.717, 1.165) is 63.7 Å². The fraction of sp³-hybridized carbons (Fsp3) is 0.793. The molecule has 3 aliphatic carbocycles. The molecule has 4 aliphatic heterocycles. The summed E-state index contributed by atoms with van der Waals surface area (Å²) >= 11 is 3.85. The van der Waals surface area contributed by atoms with Crippen molar-refractivity contribution in [2.24, 2.45) is 16.7 Å². The lowest BCUT2D eigenvalue weighted by Gasteiger charge is -2.38. The first kappa shape index (κ1) is 64.7. The Balaban J connectivity index is 0.000000193. The highest BCUT2D eigenvalue weighted by Gasteiger charge is 2.42. The molecule has 0 aromatic carbocycles. The average molecular weight is 1150 g/mol. The second-order valence-electron chi connectivity index (χ2n) is 26.8. The fourth-order valence-corrected chi connectivity index (χ4v) is 12.1. The van der Waals surface area contributed by atoms with Gasteiger partial charge in [0.25, 0.3) is 0 Å². The zero-order valence-corrected chi connectivity index (χ0v) is 51.7. The number of hydrogen-bond donors (Lipinski definition) is 3. The van der Waals surface area contributed by atoms with E-state index in [1.54, 1.807) is 16.7 Å². The molecule has 9 rings (SSSR count). The Morgan fingerprint density at radius 3 is 1.26 bits per heavy atom. The van der Waals surface area contributed by atoms with Crippen molar-refractivity contribution in [3.63, 3.8) is 0 Å². The molecule has 17 nitrogen and oxygen atoms in total. The van der Waals surface area contributed by atoms with Crippen LogP contribution in [-0.4, -0.2) is 141 Å². The summed E-state index contributed by atoms with van der Waals surface area (Å²) in [5.74, 6) is 1.06. The third kappa shape index (κ3) is 19.3. The van der Waals surface area contributed by atoms with Crippen molar-refractivity contribution in [3.05, 3.63) is 32.2 Å². The number of amides is 4. The minimum atomic E-state index is -0.790. The van der Waals surface area contributed by atoms with Gasteiger partial charge in [-0.25, -0.2) is 24.4 Å². The van der Waals surface area contributed by atoms with Gasteiger partial charge >= 0.3 is 24.2 Å². The summed E-state index contributed by atoms with van der Waals surface area (Å²) in [6.45, 7) is 30.8. The van der Waals surface area contributed by atoms with E-state index in [1.807, 2.05) is 96.8 Å². The molecule has 0 bridgehead atoms. The first-order valence-corrected chi connectivity index (χ1v) is 30.0. The number of nitrogens with one attached hydrogen (secondary N) is 2. The van der Waals surface area contributed by atoms with Crippen molar-refractivity contribution in [2.75, 3.05) is 58.9 Å². The summed E-state index contributed by atoms with van der Waals surface area (Å²) in [5, 5.41) is 17.9. The van der Waals surface area contributed by atoms with E-state index in [2.05, 4.69) is 46.8 Å². The smallest absolute Gasteiger partial charge is 0.410 e. The molecule has 3 saturated carbocycles. The molecule has 440 valence electrons. The van der Waals surface area contributed by atoms with Gasteiger partial charge in [-0.05, 0) is 184 Å². The number of piperidine rings is 4. The maximum absolute atomic E-state index is 12.4. The SMILES string of the molecule is CC(C)(C)OC(=O)N1CCC(C)(C(=O)NCC(=O)C2CC2)CC1.CC(C)(C)OC(=O)N1CCC(C)(C(=O)O)CC1.CC(C)(C)OC(=O)N1CCC(C)(c2ncc(C3CC3)s2)CC1.CC1(c2ncc(C3CC3)s2)CCNCC1.Cl. The highest BCUT2D eigenvalue weighted by molar-refractivity contribution is 7.12. The largest absolute Gasteiger partial charge is 0.481 e. The molecule has 0 radical (unpaired) electrons. The van der Waals surface area contributed by atoms with Crippen LogP contribution in [0.3, 0.4) is 0 Å². The number of rotatable bonds is 9. The Morgan fingerprint density at radius 2 is 0.923 bits per heavy atom. The quantitative estimate of drug-likeness (QED) is 0.200. The molecule has 6 heterocycles. The summed E-state index contributed by atoms with van der Waals surface area (Å²) < 4.78 is 16.1. The molecule has 2 aromatic rings. The molecule has 7 fully saturated rings. The lowest BCUT2D eigenvalue weighted by molar-refractivity contribution is -0.150. The lowest BCUT2D eigenvalue weighted by atomic mass is 9.79. The molecule has 0 atom stereocenters. The van der Waals surface area contributed by atoms with Gasteiger partial charge in [0.2, 0.25) is 5.91 Å². The first-order chi connectivity index (χ1) is 35.8. The Morgan fingerprint density at radius 1 is 0.577 bits per heavy atom. The summed E-state index contributed by atoms with van der Waals surface area (Å²) in [6.07, 6.45) is 17.2. The lowest BCUT2D eigenvalue weighted by Crippen LogP contribution is -2.50. The van der Waals surface area contributed by atoms with E-state index in [9.17, 15) is 28.8 Å². The highest BCUT2D eigenvalue weighted by Crippen LogP contribution is 2.47. The second kappa shape index (κ2) is 26.2. The van der Waals surface area contributed by atoms with Crippen LogP contribution in [0.5, 0.6) is 0 Å². The van der Waals surface area contributed by atoms with Crippen molar-refractivity contribution in [1.29, 1.82) is 0 Å². The zero-order valence-electron chi connectivity index (χ0n) is 49.2. The summed E-state index contributed by atoms with van der Waals surface area (Å²) in [7, 11) is 0. The molecule has 4 saturated heterocycles. The van der Waals surface area contributed by atoms with E-state index in [-0.39, 0.29) is 60.3 Å². The Bertz CT molecular complexity index is 2350.